The van der Waals surface area contributed by atoms with E-state index < -0.39 is 24.2 Å². The highest BCUT2D eigenvalue weighted by molar-refractivity contribution is 5.95. The van der Waals surface area contributed by atoms with Gasteiger partial charge in [0.25, 0.3) is 0 Å². The summed E-state index contributed by atoms with van der Waals surface area (Å²) in [7, 11) is 0. The molecule has 7 nitrogen and oxygen atoms in total. The van der Waals surface area contributed by atoms with Crippen LogP contribution in [0.1, 0.15) is 24.8 Å². The number of nitrogens with one attached hydrogen (secondary N) is 2. The van der Waals surface area contributed by atoms with Crippen LogP contribution in [0.2, 0.25) is 0 Å². The summed E-state index contributed by atoms with van der Waals surface area (Å²) < 4.78 is 9.42. The lowest BCUT2D eigenvalue weighted by atomic mass is 10.1. The van der Waals surface area contributed by atoms with Crippen LogP contribution in [0, 0.1) is 0 Å². The van der Waals surface area contributed by atoms with Gasteiger partial charge in [0, 0.05) is 6.54 Å². The number of carbonyl (C=O) groups is 3. The van der Waals surface area contributed by atoms with Gasteiger partial charge in [0.15, 0.2) is 0 Å². The average Bonchev–Trinajstić information content (AvgIpc) is 2.84. The van der Waals surface area contributed by atoms with Crippen molar-refractivity contribution in [2.45, 2.75) is 31.9 Å². The van der Waals surface area contributed by atoms with Crippen molar-refractivity contribution in [2.75, 3.05) is 6.54 Å². The molecule has 22 heavy (non-hydrogen) atoms. The average molecular weight is 306 g/mol. The number of carbonyl (C=O) groups excluding carboxylic acids is 3. The van der Waals surface area contributed by atoms with Crippen LogP contribution in [-0.2, 0) is 20.9 Å². The molecular weight excluding hydrogens is 288 g/mol. The summed E-state index contributed by atoms with van der Waals surface area (Å²) >= 11 is 0. The quantitative estimate of drug-likeness (QED) is 0.454. The topological polar surface area (TPSA) is 93.7 Å². The van der Waals surface area contributed by atoms with Crippen molar-refractivity contribution < 1.29 is 23.9 Å². The van der Waals surface area contributed by atoms with E-state index in [1.54, 1.807) is 0 Å². The van der Waals surface area contributed by atoms with Crippen molar-refractivity contribution in [3.8, 4) is 0 Å². The zero-order chi connectivity index (χ0) is 15.8. The summed E-state index contributed by atoms with van der Waals surface area (Å²) in [4.78, 5) is 33.5. The molecule has 1 aliphatic rings. The van der Waals surface area contributed by atoms with Crippen LogP contribution >= 0.6 is 0 Å². The fraction of sp³-hybridized carbons (Fsp3) is 0.400. The van der Waals surface area contributed by atoms with Gasteiger partial charge in [-0.3, -0.25) is 0 Å². The Hall–Kier alpha value is -2.57. The molecule has 0 bridgehead atoms. The van der Waals surface area contributed by atoms with Gasteiger partial charge in [0.05, 0.1) is 0 Å². The standard InChI is InChI=1S/C15H18N2O5/c18-13-12(17-15(20)22-13)8-4-5-9-16-14(19)21-10-11-6-2-1-3-7-11/h1-3,6-7,12H,4-5,8-10H2,(H,16,19)(H,17,20)/t12-/m1/s1. The molecule has 1 aliphatic heterocycles. The second-order valence-electron chi connectivity index (χ2n) is 4.89. The molecule has 2 amide bonds. The van der Waals surface area contributed by atoms with Crippen molar-refractivity contribution >= 4 is 18.2 Å². The van der Waals surface area contributed by atoms with Crippen LogP contribution in [0.25, 0.3) is 0 Å². The highest BCUT2D eigenvalue weighted by Crippen LogP contribution is 2.08. The first-order chi connectivity index (χ1) is 10.6. The number of benzene rings is 1. The number of unbranched alkanes of at least 4 members (excludes halogenated alkanes) is 1. The van der Waals surface area contributed by atoms with Gasteiger partial charge in [-0.25, -0.2) is 14.4 Å². The highest BCUT2D eigenvalue weighted by atomic mass is 16.6. The molecule has 0 aliphatic carbocycles. The van der Waals surface area contributed by atoms with Crippen molar-refractivity contribution in [3.63, 3.8) is 0 Å². The summed E-state index contributed by atoms with van der Waals surface area (Å²) in [6.07, 6.45) is 0.680. The van der Waals surface area contributed by atoms with Crippen molar-refractivity contribution in [2.24, 2.45) is 0 Å². The molecule has 7 heteroatoms. The van der Waals surface area contributed by atoms with E-state index in [9.17, 15) is 14.4 Å². The Morgan fingerprint density at radius 2 is 2.00 bits per heavy atom. The first kappa shape index (κ1) is 15.8. The molecule has 0 unspecified atom stereocenters. The minimum Gasteiger partial charge on any atom is -0.445 e. The molecule has 2 N–H and O–H groups in total. The maximum Gasteiger partial charge on any atom is 0.415 e. The molecule has 0 saturated carbocycles. The highest BCUT2D eigenvalue weighted by Gasteiger charge is 2.31. The van der Waals surface area contributed by atoms with Crippen molar-refractivity contribution in [1.82, 2.24) is 10.6 Å². The molecule has 1 aromatic rings. The summed E-state index contributed by atoms with van der Waals surface area (Å²) in [5, 5.41) is 5.05. The van der Waals surface area contributed by atoms with E-state index in [0.717, 1.165) is 5.56 Å². The molecule has 0 spiro atoms. The lowest BCUT2D eigenvalue weighted by Gasteiger charge is -2.08. The van der Waals surface area contributed by atoms with Gasteiger partial charge in [0.1, 0.15) is 12.6 Å². The van der Waals surface area contributed by atoms with E-state index in [0.29, 0.717) is 25.8 Å². The molecule has 1 aromatic carbocycles. The summed E-state index contributed by atoms with van der Waals surface area (Å²) in [6.45, 7) is 0.677. The summed E-state index contributed by atoms with van der Waals surface area (Å²) in [6, 6.07) is 8.83. The monoisotopic (exact) mass is 306 g/mol. The van der Waals surface area contributed by atoms with Gasteiger partial charge >= 0.3 is 18.2 Å². The fourth-order valence-corrected chi connectivity index (χ4v) is 2.02. The third-order valence-electron chi connectivity index (χ3n) is 3.17. The van der Waals surface area contributed by atoms with E-state index in [1.165, 1.54) is 0 Å². The molecule has 1 heterocycles. The second-order valence-corrected chi connectivity index (χ2v) is 4.89. The molecule has 0 radical (unpaired) electrons. The van der Waals surface area contributed by atoms with Crippen LogP contribution in [0.5, 0.6) is 0 Å². The maximum absolute atomic E-state index is 11.5. The number of cyclic esters (lactones) is 2. The number of hydrogen-bond donors (Lipinski definition) is 2. The Bertz CT molecular complexity index is 532. The van der Waals surface area contributed by atoms with E-state index in [2.05, 4.69) is 15.4 Å². The first-order valence-corrected chi connectivity index (χ1v) is 7.12. The van der Waals surface area contributed by atoms with Crippen molar-refractivity contribution in [3.05, 3.63) is 35.9 Å². The molecular formula is C15H18N2O5. The normalized spacial score (nSPS) is 16.8. The largest absolute Gasteiger partial charge is 0.445 e. The number of esters is 1. The minimum absolute atomic E-state index is 0.229. The number of rotatable bonds is 7. The Morgan fingerprint density at radius 3 is 2.68 bits per heavy atom. The van der Waals surface area contributed by atoms with Crippen molar-refractivity contribution in [1.29, 1.82) is 0 Å². The smallest absolute Gasteiger partial charge is 0.415 e. The van der Waals surface area contributed by atoms with E-state index in [-0.39, 0.29) is 6.61 Å². The van der Waals surface area contributed by atoms with Gasteiger partial charge in [-0.1, -0.05) is 30.3 Å². The Labute approximate surface area is 128 Å². The number of hydrogen-bond acceptors (Lipinski definition) is 5. The minimum atomic E-state index is -0.697. The Kier molecular flexibility index (Phi) is 5.76. The van der Waals surface area contributed by atoms with Crippen LogP contribution in [0.3, 0.4) is 0 Å². The summed E-state index contributed by atoms with van der Waals surface area (Å²) in [5.41, 5.74) is 0.924. The molecule has 118 valence electrons. The van der Waals surface area contributed by atoms with E-state index >= 15 is 0 Å². The van der Waals surface area contributed by atoms with Crippen LogP contribution < -0.4 is 10.6 Å². The van der Waals surface area contributed by atoms with Gasteiger partial charge < -0.3 is 20.1 Å². The lowest BCUT2D eigenvalue weighted by molar-refractivity contribution is -0.135. The van der Waals surface area contributed by atoms with Crippen LogP contribution in [0.15, 0.2) is 30.3 Å². The van der Waals surface area contributed by atoms with E-state index in [4.69, 9.17) is 4.74 Å². The predicted molar refractivity (Wildman–Crippen MR) is 76.9 cm³/mol. The molecule has 1 saturated heterocycles. The third kappa shape index (κ3) is 5.08. The van der Waals surface area contributed by atoms with Gasteiger partial charge in [-0.15, -0.1) is 0 Å². The van der Waals surface area contributed by atoms with Gasteiger partial charge in [-0.2, -0.15) is 0 Å². The third-order valence-corrected chi connectivity index (χ3v) is 3.17. The molecule has 1 atom stereocenters. The number of amides is 2. The predicted octanol–water partition coefficient (Wildman–Crippen LogP) is 1.72. The SMILES string of the molecule is O=C(NCCCC[C@H]1NC(=O)OC1=O)OCc1ccccc1. The molecule has 1 fully saturated rings. The zero-order valence-electron chi connectivity index (χ0n) is 12.0. The maximum atomic E-state index is 11.5. The first-order valence-electron chi connectivity index (χ1n) is 7.12. The molecule has 0 aromatic heterocycles. The number of alkyl carbamates (subject to hydrolysis) is 2. The zero-order valence-corrected chi connectivity index (χ0v) is 12.0. The fourth-order valence-electron chi connectivity index (χ4n) is 2.02. The van der Waals surface area contributed by atoms with Crippen LogP contribution in [-0.4, -0.2) is 30.7 Å². The number of ether oxygens (including phenoxy) is 2. The van der Waals surface area contributed by atoms with Gasteiger partial charge in [-0.05, 0) is 24.8 Å². The van der Waals surface area contributed by atoms with Gasteiger partial charge in [0.2, 0.25) is 0 Å². The summed E-state index contributed by atoms with van der Waals surface area (Å²) in [5.74, 6) is -0.541. The second kappa shape index (κ2) is 8.02. The Balaban J connectivity index is 1.52. The molecule has 2 rings (SSSR count). The lowest BCUT2D eigenvalue weighted by Crippen LogP contribution is -2.29. The Morgan fingerprint density at radius 1 is 1.23 bits per heavy atom. The van der Waals surface area contributed by atoms with Crippen LogP contribution in [0.4, 0.5) is 9.59 Å². The van der Waals surface area contributed by atoms with E-state index in [1.807, 2.05) is 30.3 Å².